The van der Waals surface area contributed by atoms with Gasteiger partial charge in [-0.1, -0.05) is 36.4 Å². The van der Waals surface area contributed by atoms with Crippen LogP contribution in [-0.4, -0.2) is 53.3 Å². The molecule has 0 aliphatic rings. The van der Waals surface area contributed by atoms with Crippen LogP contribution in [0.5, 0.6) is 5.88 Å². The maximum Gasteiger partial charge on any atom is 0.337 e. The Balaban J connectivity index is 1.85. The fourth-order valence-corrected chi connectivity index (χ4v) is 3.70. The van der Waals surface area contributed by atoms with Crippen molar-refractivity contribution in [3.63, 3.8) is 0 Å². The number of rotatable bonds is 6. The predicted octanol–water partition coefficient (Wildman–Crippen LogP) is 4.92. The molecule has 34 heavy (non-hydrogen) atoms. The quantitative estimate of drug-likeness (QED) is 0.319. The zero-order valence-electron chi connectivity index (χ0n) is 19.2. The van der Waals surface area contributed by atoms with E-state index < -0.39 is 5.97 Å². The van der Waals surface area contributed by atoms with Gasteiger partial charge in [-0.25, -0.2) is 9.79 Å². The molecule has 0 aliphatic carbocycles. The molecule has 0 saturated heterocycles. The Morgan fingerprint density at radius 1 is 0.971 bits per heavy atom. The monoisotopic (exact) mass is 455 g/mol. The summed E-state index contributed by atoms with van der Waals surface area (Å²) < 4.78 is 4.76. The van der Waals surface area contributed by atoms with E-state index >= 15 is 0 Å². The summed E-state index contributed by atoms with van der Waals surface area (Å²) in [7, 11) is 3.08. The van der Waals surface area contributed by atoms with E-state index in [1.165, 1.54) is 7.11 Å². The number of carbonyl (C=O) groups excluding carboxylic acids is 2. The van der Waals surface area contributed by atoms with Crippen LogP contribution < -0.4 is 0 Å². The number of aromatic hydroxyl groups is 1. The van der Waals surface area contributed by atoms with E-state index in [2.05, 4.69) is 4.98 Å². The highest BCUT2D eigenvalue weighted by Gasteiger charge is 2.20. The maximum atomic E-state index is 12.6. The van der Waals surface area contributed by atoms with Crippen molar-refractivity contribution in [1.29, 1.82) is 0 Å². The minimum atomic E-state index is -0.424. The first-order chi connectivity index (χ1) is 16.4. The summed E-state index contributed by atoms with van der Waals surface area (Å²) in [6, 6.07) is 21.6. The Labute approximate surface area is 197 Å². The van der Waals surface area contributed by atoms with Gasteiger partial charge >= 0.3 is 5.97 Å². The SMILES string of the molecule is CCN(C)C(=O)c1ccc2c(C(=Nc3ccc(C(=O)OC)cc3)c3ccccc3)c(O)[nH]c2c1. The lowest BCUT2D eigenvalue weighted by Gasteiger charge is -2.14. The number of carbonyl (C=O) groups is 2. The number of nitrogens with one attached hydrogen (secondary N) is 1. The van der Waals surface area contributed by atoms with Gasteiger partial charge < -0.3 is 19.7 Å². The van der Waals surface area contributed by atoms with E-state index in [1.807, 2.05) is 43.3 Å². The summed E-state index contributed by atoms with van der Waals surface area (Å²) in [5.74, 6) is -0.563. The van der Waals surface area contributed by atoms with E-state index in [1.54, 1.807) is 48.3 Å². The van der Waals surface area contributed by atoms with Gasteiger partial charge in [0, 0.05) is 35.6 Å². The first-order valence-corrected chi connectivity index (χ1v) is 10.9. The van der Waals surface area contributed by atoms with Crippen molar-refractivity contribution in [2.24, 2.45) is 4.99 Å². The third-order valence-electron chi connectivity index (χ3n) is 5.66. The molecule has 0 aliphatic heterocycles. The van der Waals surface area contributed by atoms with E-state index in [0.717, 1.165) is 10.9 Å². The second kappa shape index (κ2) is 9.62. The number of aliphatic imine (C=N–C) groups is 1. The summed E-state index contributed by atoms with van der Waals surface area (Å²) >= 11 is 0. The zero-order valence-corrected chi connectivity index (χ0v) is 19.2. The predicted molar refractivity (Wildman–Crippen MR) is 132 cm³/mol. The van der Waals surface area contributed by atoms with Crippen LogP contribution in [0, 0.1) is 0 Å². The molecule has 0 fully saturated rings. The number of benzene rings is 3. The Hall–Kier alpha value is -4.39. The van der Waals surface area contributed by atoms with E-state index in [-0.39, 0.29) is 11.8 Å². The van der Waals surface area contributed by atoms with Crippen molar-refractivity contribution in [1.82, 2.24) is 9.88 Å². The molecule has 1 heterocycles. The minimum absolute atomic E-state index is 0.0442. The number of hydrogen-bond donors (Lipinski definition) is 2. The van der Waals surface area contributed by atoms with Gasteiger partial charge in [0.15, 0.2) is 5.88 Å². The molecule has 1 aromatic heterocycles. The molecule has 172 valence electrons. The van der Waals surface area contributed by atoms with Crippen LogP contribution in [0.25, 0.3) is 10.9 Å². The molecular formula is C27H25N3O4. The molecule has 2 N–H and O–H groups in total. The number of H-pyrrole nitrogens is 1. The van der Waals surface area contributed by atoms with Gasteiger partial charge in [-0.05, 0) is 43.3 Å². The number of hydrogen-bond acceptors (Lipinski definition) is 5. The molecule has 3 aromatic carbocycles. The average Bonchev–Trinajstić information content (AvgIpc) is 3.21. The number of esters is 1. The third-order valence-corrected chi connectivity index (χ3v) is 5.66. The van der Waals surface area contributed by atoms with Gasteiger partial charge in [-0.2, -0.15) is 0 Å². The fraction of sp³-hybridized carbons (Fsp3) is 0.148. The van der Waals surface area contributed by atoms with Crippen LogP contribution >= 0.6 is 0 Å². The molecular weight excluding hydrogens is 430 g/mol. The number of nitrogens with zero attached hydrogens (tertiary/aromatic N) is 2. The van der Waals surface area contributed by atoms with E-state index in [0.29, 0.717) is 40.2 Å². The van der Waals surface area contributed by atoms with Crippen molar-refractivity contribution in [3.8, 4) is 5.88 Å². The molecule has 0 atom stereocenters. The lowest BCUT2D eigenvalue weighted by molar-refractivity contribution is 0.0600. The summed E-state index contributed by atoms with van der Waals surface area (Å²) in [5.41, 5.74) is 4.08. The highest BCUT2D eigenvalue weighted by molar-refractivity contribution is 6.22. The number of methoxy groups -OCH3 is 1. The number of aromatic amines is 1. The normalized spacial score (nSPS) is 11.4. The smallest absolute Gasteiger partial charge is 0.337 e. The average molecular weight is 456 g/mol. The second-order valence-electron chi connectivity index (χ2n) is 7.79. The Morgan fingerprint density at radius 3 is 2.29 bits per heavy atom. The molecule has 0 bridgehead atoms. The Morgan fingerprint density at radius 2 is 1.65 bits per heavy atom. The highest BCUT2D eigenvalue weighted by Crippen LogP contribution is 2.32. The molecule has 7 heteroatoms. The van der Waals surface area contributed by atoms with Crippen molar-refractivity contribution in [2.75, 3.05) is 20.7 Å². The first kappa shape index (κ1) is 22.8. The fourth-order valence-electron chi connectivity index (χ4n) is 3.70. The van der Waals surface area contributed by atoms with Gasteiger partial charge in [0.1, 0.15) is 0 Å². The van der Waals surface area contributed by atoms with Crippen molar-refractivity contribution in [2.45, 2.75) is 6.92 Å². The van der Waals surface area contributed by atoms with E-state index in [9.17, 15) is 14.7 Å². The topological polar surface area (TPSA) is 95.0 Å². The van der Waals surface area contributed by atoms with Gasteiger partial charge in [-0.15, -0.1) is 0 Å². The van der Waals surface area contributed by atoms with Crippen LogP contribution in [0.4, 0.5) is 5.69 Å². The number of aromatic nitrogens is 1. The Kier molecular flexibility index (Phi) is 6.45. The first-order valence-electron chi connectivity index (χ1n) is 10.9. The van der Waals surface area contributed by atoms with Gasteiger partial charge in [0.2, 0.25) is 0 Å². The maximum absolute atomic E-state index is 12.6. The van der Waals surface area contributed by atoms with Crippen LogP contribution in [-0.2, 0) is 4.74 Å². The lowest BCUT2D eigenvalue weighted by Crippen LogP contribution is -2.26. The van der Waals surface area contributed by atoms with Crippen LogP contribution in [0.2, 0.25) is 0 Å². The third kappa shape index (κ3) is 4.41. The minimum Gasteiger partial charge on any atom is -0.494 e. The van der Waals surface area contributed by atoms with Gasteiger partial charge in [-0.3, -0.25) is 4.79 Å². The molecule has 0 unspecified atom stereocenters. The van der Waals surface area contributed by atoms with Crippen LogP contribution in [0.1, 0.15) is 38.8 Å². The lowest BCUT2D eigenvalue weighted by atomic mass is 10.00. The molecule has 7 nitrogen and oxygen atoms in total. The van der Waals surface area contributed by atoms with E-state index in [4.69, 9.17) is 9.73 Å². The molecule has 4 rings (SSSR count). The summed E-state index contributed by atoms with van der Waals surface area (Å²) in [5, 5.41) is 11.6. The molecule has 0 saturated carbocycles. The largest absolute Gasteiger partial charge is 0.494 e. The molecule has 0 radical (unpaired) electrons. The van der Waals surface area contributed by atoms with Crippen molar-refractivity contribution < 1.29 is 19.4 Å². The van der Waals surface area contributed by atoms with Gasteiger partial charge in [0.25, 0.3) is 5.91 Å². The molecule has 0 spiro atoms. The van der Waals surface area contributed by atoms with Gasteiger partial charge in [0.05, 0.1) is 29.6 Å². The standard InChI is InChI=1S/C27H25N3O4/c1-4-30(2)26(32)19-12-15-21-22(16-19)29-25(31)23(21)24(17-8-6-5-7-9-17)28-20-13-10-18(11-14-20)27(33)34-3/h5-16,29,31H,4H2,1-3H3. The van der Waals surface area contributed by atoms with Crippen LogP contribution in [0.3, 0.4) is 0 Å². The number of amides is 1. The number of ether oxygens (including phenoxy) is 1. The summed E-state index contributed by atoms with van der Waals surface area (Å²) in [6.45, 7) is 2.51. The van der Waals surface area contributed by atoms with Crippen molar-refractivity contribution >= 4 is 34.2 Å². The van der Waals surface area contributed by atoms with Crippen molar-refractivity contribution in [3.05, 3.63) is 95.1 Å². The zero-order chi connectivity index (χ0) is 24.2. The Bertz CT molecular complexity index is 1370. The number of fused-ring (bicyclic) bond motifs is 1. The highest BCUT2D eigenvalue weighted by atomic mass is 16.5. The molecule has 4 aromatic rings. The molecule has 1 amide bonds. The van der Waals surface area contributed by atoms with Crippen LogP contribution in [0.15, 0.2) is 77.8 Å². The summed E-state index contributed by atoms with van der Waals surface area (Å²) in [4.78, 5) is 33.8. The second-order valence-corrected chi connectivity index (χ2v) is 7.79. The summed E-state index contributed by atoms with van der Waals surface area (Å²) in [6.07, 6.45) is 0.